The summed E-state index contributed by atoms with van der Waals surface area (Å²) in [5, 5.41) is 12.7. The van der Waals surface area contributed by atoms with Crippen molar-refractivity contribution in [2.24, 2.45) is 5.10 Å². The Kier molecular flexibility index (Phi) is 7.81. The normalized spacial score (nSPS) is 10.6. The van der Waals surface area contributed by atoms with E-state index in [1.807, 2.05) is 6.07 Å². The number of hydrogen-bond acceptors (Lipinski definition) is 5. The van der Waals surface area contributed by atoms with E-state index in [-0.39, 0.29) is 11.7 Å². The molecule has 7 nitrogen and oxygen atoms in total. The Labute approximate surface area is 172 Å². The molecule has 0 fully saturated rings. The number of carboxylic acid groups (broad SMARTS) is 1. The minimum Gasteiger partial charge on any atom is -0.490 e. The van der Waals surface area contributed by atoms with Gasteiger partial charge in [0.05, 0.1) is 22.9 Å². The SMILES string of the molecule is CCOc1cc(/C=N/NC(=O)c2ccccc2Br)cc(Br)c1OCC(=O)O. The molecule has 0 radical (unpaired) electrons. The predicted molar refractivity (Wildman–Crippen MR) is 108 cm³/mol. The summed E-state index contributed by atoms with van der Waals surface area (Å²) in [5.41, 5.74) is 3.54. The molecule has 2 N–H and O–H groups in total. The summed E-state index contributed by atoms with van der Waals surface area (Å²) in [6.45, 7) is 1.68. The third kappa shape index (κ3) is 6.07. The van der Waals surface area contributed by atoms with Gasteiger partial charge in [0.2, 0.25) is 0 Å². The van der Waals surface area contributed by atoms with Crippen LogP contribution in [0.1, 0.15) is 22.8 Å². The van der Waals surface area contributed by atoms with Crippen LogP contribution in [0, 0.1) is 0 Å². The number of nitrogens with one attached hydrogen (secondary N) is 1. The molecule has 0 atom stereocenters. The number of carbonyl (C=O) groups is 2. The van der Waals surface area contributed by atoms with Crippen LogP contribution in [-0.2, 0) is 4.79 Å². The summed E-state index contributed by atoms with van der Waals surface area (Å²) >= 11 is 6.64. The lowest BCUT2D eigenvalue weighted by molar-refractivity contribution is -0.139. The highest BCUT2D eigenvalue weighted by molar-refractivity contribution is 9.10. The Hall–Kier alpha value is -2.39. The maximum absolute atomic E-state index is 12.1. The fourth-order valence-electron chi connectivity index (χ4n) is 2.07. The lowest BCUT2D eigenvalue weighted by atomic mass is 10.2. The van der Waals surface area contributed by atoms with E-state index in [0.29, 0.717) is 32.4 Å². The Morgan fingerprint density at radius 1 is 1.19 bits per heavy atom. The van der Waals surface area contributed by atoms with Crippen LogP contribution in [0.2, 0.25) is 0 Å². The first kappa shape index (κ1) is 20.9. The zero-order valence-electron chi connectivity index (χ0n) is 14.2. The number of hydrazone groups is 1. The first-order valence-electron chi connectivity index (χ1n) is 7.81. The largest absolute Gasteiger partial charge is 0.490 e. The van der Waals surface area contributed by atoms with Crippen LogP contribution in [0.4, 0.5) is 0 Å². The van der Waals surface area contributed by atoms with Gasteiger partial charge < -0.3 is 14.6 Å². The summed E-state index contributed by atoms with van der Waals surface area (Å²) < 4.78 is 11.9. The standard InChI is InChI=1S/C18H16Br2N2O5/c1-2-26-15-8-11(7-14(20)17(15)27-10-16(23)24)9-21-22-18(25)12-5-3-4-6-13(12)19/h3-9H,2,10H2,1H3,(H,22,25)(H,23,24)/b21-9+. The highest BCUT2D eigenvalue weighted by atomic mass is 79.9. The van der Waals surface area contributed by atoms with Crippen LogP contribution in [-0.4, -0.2) is 36.4 Å². The molecule has 0 aliphatic rings. The van der Waals surface area contributed by atoms with Gasteiger partial charge in [0, 0.05) is 4.47 Å². The quantitative estimate of drug-likeness (QED) is 0.425. The molecule has 0 aliphatic heterocycles. The molecule has 9 heteroatoms. The van der Waals surface area contributed by atoms with E-state index >= 15 is 0 Å². The van der Waals surface area contributed by atoms with Crippen molar-refractivity contribution >= 4 is 50.0 Å². The van der Waals surface area contributed by atoms with E-state index in [1.165, 1.54) is 6.21 Å². The van der Waals surface area contributed by atoms with Gasteiger partial charge in [-0.25, -0.2) is 10.2 Å². The van der Waals surface area contributed by atoms with Gasteiger partial charge in [0.25, 0.3) is 5.91 Å². The minimum atomic E-state index is -1.09. The van der Waals surface area contributed by atoms with Gasteiger partial charge in [0.1, 0.15) is 0 Å². The third-order valence-electron chi connectivity index (χ3n) is 3.17. The molecule has 1 amide bonds. The molecule has 27 heavy (non-hydrogen) atoms. The maximum atomic E-state index is 12.1. The molecule has 2 aromatic rings. The van der Waals surface area contributed by atoms with Crippen LogP contribution in [0.15, 0.2) is 50.4 Å². The number of ether oxygens (including phenoxy) is 2. The van der Waals surface area contributed by atoms with E-state index in [0.717, 1.165) is 0 Å². The molecular weight excluding hydrogens is 484 g/mol. The Bertz CT molecular complexity index is 871. The highest BCUT2D eigenvalue weighted by Gasteiger charge is 2.13. The van der Waals surface area contributed by atoms with Crippen molar-refractivity contribution in [1.29, 1.82) is 0 Å². The number of carboxylic acids is 1. The molecule has 0 bridgehead atoms. The van der Waals surface area contributed by atoms with Crippen LogP contribution >= 0.6 is 31.9 Å². The maximum Gasteiger partial charge on any atom is 0.341 e. The van der Waals surface area contributed by atoms with E-state index in [2.05, 4.69) is 42.4 Å². The monoisotopic (exact) mass is 498 g/mol. The zero-order chi connectivity index (χ0) is 19.8. The number of nitrogens with zero attached hydrogens (tertiary/aromatic N) is 1. The first-order valence-corrected chi connectivity index (χ1v) is 9.39. The van der Waals surface area contributed by atoms with Crippen molar-refractivity contribution in [3.05, 3.63) is 56.5 Å². The average molecular weight is 500 g/mol. The van der Waals surface area contributed by atoms with E-state index in [9.17, 15) is 9.59 Å². The summed E-state index contributed by atoms with van der Waals surface area (Å²) in [4.78, 5) is 22.9. The number of halogens is 2. The second-order valence-electron chi connectivity index (χ2n) is 5.12. The van der Waals surface area contributed by atoms with Gasteiger partial charge in [-0.05, 0) is 68.6 Å². The molecule has 0 aromatic heterocycles. The minimum absolute atomic E-state index is 0.286. The molecule has 2 aromatic carbocycles. The highest BCUT2D eigenvalue weighted by Crippen LogP contribution is 2.36. The van der Waals surface area contributed by atoms with E-state index < -0.39 is 12.6 Å². The molecular formula is C18H16Br2N2O5. The smallest absolute Gasteiger partial charge is 0.341 e. The van der Waals surface area contributed by atoms with E-state index in [1.54, 1.807) is 37.3 Å². The molecule has 0 heterocycles. The van der Waals surface area contributed by atoms with Crippen molar-refractivity contribution < 1.29 is 24.2 Å². The van der Waals surface area contributed by atoms with Gasteiger partial charge in [-0.3, -0.25) is 4.79 Å². The Morgan fingerprint density at radius 2 is 1.93 bits per heavy atom. The lowest BCUT2D eigenvalue weighted by Gasteiger charge is -2.13. The number of carbonyl (C=O) groups excluding carboxylic acids is 1. The number of aliphatic carboxylic acids is 1. The van der Waals surface area contributed by atoms with Crippen molar-refractivity contribution in [3.8, 4) is 11.5 Å². The third-order valence-corrected chi connectivity index (χ3v) is 4.45. The summed E-state index contributed by atoms with van der Waals surface area (Å²) in [6, 6.07) is 10.3. The number of hydrogen-bond donors (Lipinski definition) is 2. The van der Waals surface area contributed by atoms with Crippen molar-refractivity contribution in [2.45, 2.75) is 6.92 Å². The number of rotatable bonds is 8. The second-order valence-corrected chi connectivity index (χ2v) is 6.83. The van der Waals surface area contributed by atoms with Crippen molar-refractivity contribution in [2.75, 3.05) is 13.2 Å². The topological polar surface area (TPSA) is 97.2 Å². The predicted octanol–water partition coefficient (Wildman–Crippen LogP) is 3.84. The van der Waals surface area contributed by atoms with Gasteiger partial charge in [0.15, 0.2) is 18.1 Å². The lowest BCUT2D eigenvalue weighted by Crippen LogP contribution is -2.18. The van der Waals surface area contributed by atoms with E-state index in [4.69, 9.17) is 14.6 Å². The van der Waals surface area contributed by atoms with Crippen molar-refractivity contribution in [3.63, 3.8) is 0 Å². The fraction of sp³-hybridized carbons (Fsp3) is 0.167. The Balaban J connectivity index is 2.15. The van der Waals surface area contributed by atoms with Crippen molar-refractivity contribution in [1.82, 2.24) is 5.43 Å². The molecule has 142 valence electrons. The summed E-state index contributed by atoms with van der Waals surface area (Å²) in [5.74, 6) is -0.797. The number of amides is 1. The summed E-state index contributed by atoms with van der Waals surface area (Å²) in [7, 11) is 0. The molecule has 0 spiro atoms. The van der Waals surface area contributed by atoms with Gasteiger partial charge >= 0.3 is 5.97 Å². The van der Waals surface area contributed by atoms with Gasteiger partial charge in [-0.1, -0.05) is 12.1 Å². The Morgan fingerprint density at radius 3 is 2.59 bits per heavy atom. The molecule has 0 saturated carbocycles. The number of benzene rings is 2. The first-order chi connectivity index (χ1) is 12.9. The van der Waals surface area contributed by atoms with Crippen LogP contribution in [0.3, 0.4) is 0 Å². The fourth-order valence-corrected chi connectivity index (χ4v) is 3.11. The second kappa shape index (κ2) is 10.1. The van der Waals surface area contributed by atoms with Gasteiger partial charge in [-0.2, -0.15) is 5.10 Å². The molecule has 0 unspecified atom stereocenters. The molecule has 0 aliphatic carbocycles. The van der Waals surface area contributed by atoms with Crippen LogP contribution in [0.5, 0.6) is 11.5 Å². The van der Waals surface area contributed by atoms with Crippen LogP contribution in [0.25, 0.3) is 0 Å². The zero-order valence-corrected chi connectivity index (χ0v) is 17.4. The summed E-state index contributed by atoms with van der Waals surface area (Å²) in [6.07, 6.45) is 1.45. The average Bonchev–Trinajstić information content (AvgIpc) is 2.61. The molecule has 2 rings (SSSR count). The van der Waals surface area contributed by atoms with Crippen LogP contribution < -0.4 is 14.9 Å². The molecule has 0 saturated heterocycles. The van der Waals surface area contributed by atoms with Gasteiger partial charge in [-0.15, -0.1) is 0 Å².